The van der Waals surface area contributed by atoms with Crippen LogP contribution in [0.3, 0.4) is 0 Å². The van der Waals surface area contributed by atoms with E-state index in [0.717, 1.165) is 104 Å². The Bertz CT molecular complexity index is 3570. The first-order chi connectivity index (χ1) is 28.7. The molecule has 12 aromatic rings. The number of rotatable bonds is 5. The van der Waals surface area contributed by atoms with Crippen molar-refractivity contribution in [2.75, 3.05) is 0 Å². The van der Waals surface area contributed by atoms with Crippen molar-refractivity contribution in [1.82, 2.24) is 15.0 Å². The molecule has 0 spiro atoms. The van der Waals surface area contributed by atoms with Crippen molar-refractivity contribution in [2.24, 2.45) is 0 Å². The van der Waals surface area contributed by atoms with Crippen molar-refractivity contribution >= 4 is 65.4 Å². The molecule has 0 saturated carbocycles. The topological polar surface area (TPSA) is 65.0 Å². The van der Waals surface area contributed by atoms with Crippen LogP contribution in [0, 0.1) is 0 Å². The molecule has 270 valence electrons. The molecule has 0 saturated heterocycles. The highest BCUT2D eigenvalue weighted by molar-refractivity contribution is 6.15. The van der Waals surface area contributed by atoms with E-state index in [1.165, 1.54) is 0 Å². The third-order valence-electron chi connectivity index (χ3n) is 11.3. The van der Waals surface area contributed by atoms with Gasteiger partial charge in [-0.15, -0.1) is 0 Å². The molecule has 58 heavy (non-hydrogen) atoms. The Morgan fingerprint density at radius 2 is 0.845 bits per heavy atom. The van der Waals surface area contributed by atoms with E-state index >= 15 is 0 Å². The lowest BCUT2D eigenvalue weighted by Crippen LogP contribution is -2.00. The average molecular weight is 742 g/mol. The first kappa shape index (κ1) is 32.4. The Labute approximate surface area is 332 Å². The number of nitrogens with zero attached hydrogens (tertiary/aromatic N) is 3. The van der Waals surface area contributed by atoms with Gasteiger partial charge in [0.1, 0.15) is 22.3 Å². The molecule has 0 aliphatic heterocycles. The number of para-hydroxylation sites is 2. The van der Waals surface area contributed by atoms with E-state index in [0.29, 0.717) is 17.5 Å². The largest absolute Gasteiger partial charge is 0.456 e. The van der Waals surface area contributed by atoms with Gasteiger partial charge >= 0.3 is 0 Å². The van der Waals surface area contributed by atoms with Gasteiger partial charge in [-0.05, 0) is 86.3 Å². The zero-order chi connectivity index (χ0) is 38.2. The van der Waals surface area contributed by atoms with E-state index in [2.05, 4.69) is 146 Å². The van der Waals surface area contributed by atoms with Crippen LogP contribution in [0.5, 0.6) is 0 Å². The molecule has 3 heterocycles. The highest BCUT2D eigenvalue weighted by Crippen LogP contribution is 2.40. The maximum Gasteiger partial charge on any atom is 0.164 e. The van der Waals surface area contributed by atoms with Gasteiger partial charge < -0.3 is 8.83 Å². The molecule has 0 aliphatic carbocycles. The molecular weight excluding hydrogens is 711 g/mol. The molecule has 0 unspecified atom stereocenters. The smallest absolute Gasteiger partial charge is 0.164 e. The van der Waals surface area contributed by atoms with Gasteiger partial charge in [0, 0.05) is 38.2 Å². The van der Waals surface area contributed by atoms with E-state index in [-0.39, 0.29) is 0 Å². The molecule has 0 amide bonds. The summed E-state index contributed by atoms with van der Waals surface area (Å²) in [5.41, 5.74) is 10.8. The fraction of sp³-hybridized carbons (Fsp3) is 0. The summed E-state index contributed by atoms with van der Waals surface area (Å²) in [7, 11) is 0. The molecule has 12 rings (SSSR count). The molecule has 3 aromatic heterocycles. The standard InChI is InChI=1S/C53H31N3O2/c1-2-10-32(11-3-1)33-20-22-34(23-21-33)51-54-52(37-25-24-35-30-45-42-13-4-6-17-46(42)58-49(45)31-39(35)29-37)56-53(55-51)38-26-27-40-36(28-38)12-8-15-41(40)43-16-9-19-48-50(43)44-14-5-7-18-47(44)57-48/h1-31H. The molecule has 9 aromatic carbocycles. The van der Waals surface area contributed by atoms with Crippen LogP contribution in [0.25, 0.3) is 122 Å². The minimum Gasteiger partial charge on any atom is -0.456 e. The number of hydrogen-bond acceptors (Lipinski definition) is 5. The van der Waals surface area contributed by atoms with E-state index in [9.17, 15) is 0 Å². The van der Waals surface area contributed by atoms with Crippen molar-refractivity contribution in [1.29, 1.82) is 0 Å². The summed E-state index contributed by atoms with van der Waals surface area (Å²) in [6.07, 6.45) is 0. The Balaban J connectivity index is 1.01. The molecule has 5 heteroatoms. The zero-order valence-electron chi connectivity index (χ0n) is 31.1. The molecular formula is C53H31N3O2. The molecule has 0 radical (unpaired) electrons. The summed E-state index contributed by atoms with van der Waals surface area (Å²) in [6.45, 7) is 0. The van der Waals surface area contributed by atoms with E-state index < -0.39 is 0 Å². The lowest BCUT2D eigenvalue weighted by atomic mass is 9.94. The van der Waals surface area contributed by atoms with Gasteiger partial charge in [0.25, 0.3) is 0 Å². The first-order valence-electron chi connectivity index (χ1n) is 19.4. The quantitative estimate of drug-likeness (QED) is 0.176. The second kappa shape index (κ2) is 12.8. The summed E-state index contributed by atoms with van der Waals surface area (Å²) in [5.74, 6) is 1.82. The van der Waals surface area contributed by atoms with Gasteiger partial charge in [-0.1, -0.05) is 146 Å². The van der Waals surface area contributed by atoms with Gasteiger partial charge in [0.2, 0.25) is 0 Å². The normalized spacial score (nSPS) is 11.8. The summed E-state index contributed by atoms with van der Waals surface area (Å²) in [4.78, 5) is 15.4. The fourth-order valence-corrected chi connectivity index (χ4v) is 8.47. The van der Waals surface area contributed by atoms with Gasteiger partial charge in [0.05, 0.1) is 0 Å². The molecule has 0 fully saturated rings. The van der Waals surface area contributed by atoms with Crippen molar-refractivity contribution in [3.05, 3.63) is 188 Å². The minimum absolute atomic E-state index is 0.603. The van der Waals surface area contributed by atoms with E-state index in [4.69, 9.17) is 23.8 Å². The second-order valence-corrected chi connectivity index (χ2v) is 14.8. The third-order valence-corrected chi connectivity index (χ3v) is 11.3. The van der Waals surface area contributed by atoms with Crippen LogP contribution < -0.4 is 0 Å². The van der Waals surface area contributed by atoms with Crippen LogP contribution in [0.2, 0.25) is 0 Å². The number of aromatic nitrogens is 3. The Hall–Kier alpha value is -7.89. The fourth-order valence-electron chi connectivity index (χ4n) is 8.47. The summed E-state index contributed by atoms with van der Waals surface area (Å²) in [5, 5.41) is 8.86. The zero-order valence-corrected chi connectivity index (χ0v) is 31.1. The van der Waals surface area contributed by atoms with Crippen LogP contribution in [-0.4, -0.2) is 15.0 Å². The van der Waals surface area contributed by atoms with Gasteiger partial charge in [-0.2, -0.15) is 0 Å². The number of fused-ring (bicyclic) bond motifs is 8. The monoisotopic (exact) mass is 741 g/mol. The number of benzene rings is 9. The molecule has 0 atom stereocenters. The van der Waals surface area contributed by atoms with Crippen molar-refractivity contribution < 1.29 is 8.83 Å². The number of hydrogen-bond donors (Lipinski definition) is 0. The van der Waals surface area contributed by atoms with Gasteiger partial charge in [-0.25, -0.2) is 15.0 Å². The summed E-state index contributed by atoms with van der Waals surface area (Å²) >= 11 is 0. The highest BCUT2D eigenvalue weighted by Gasteiger charge is 2.17. The van der Waals surface area contributed by atoms with E-state index in [1.807, 2.05) is 42.5 Å². The van der Waals surface area contributed by atoms with Crippen molar-refractivity contribution in [3.8, 4) is 56.4 Å². The summed E-state index contributed by atoms with van der Waals surface area (Å²) < 4.78 is 12.5. The minimum atomic E-state index is 0.603. The molecule has 5 nitrogen and oxygen atoms in total. The molecule has 0 aliphatic rings. The van der Waals surface area contributed by atoms with Gasteiger partial charge in [0.15, 0.2) is 17.5 Å². The number of furan rings is 2. The van der Waals surface area contributed by atoms with Crippen molar-refractivity contribution in [3.63, 3.8) is 0 Å². The highest BCUT2D eigenvalue weighted by atomic mass is 16.3. The lowest BCUT2D eigenvalue weighted by molar-refractivity contribution is 0.669. The average Bonchev–Trinajstić information content (AvgIpc) is 3.86. The second-order valence-electron chi connectivity index (χ2n) is 14.8. The SMILES string of the molecule is c1ccc(-c2ccc(-c3nc(-c4ccc5cc6c(cc5c4)oc4ccccc46)nc(-c4ccc5c(-c6cccc7oc8ccccc8c67)cccc5c4)n3)cc2)cc1. The third kappa shape index (κ3) is 5.29. The predicted octanol–water partition coefficient (Wildman–Crippen LogP) is 14.3. The van der Waals surface area contributed by atoms with Crippen LogP contribution in [0.15, 0.2) is 197 Å². The molecule has 0 bridgehead atoms. The molecule has 0 N–H and O–H groups in total. The van der Waals surface area contributed by atoms with Gasteiger partial charge in [-0.3, -0.25) is 0 Å². The lowest BCUT2D eigenvalue weighted by Gasteiger charge is -2.12. The Morgan fingerprint density at radius 1 is 0.276 bits per heavy atom. The van der Waals surface area contributed by atoms with E-state index in [1.54, 1.807) is 0 Å². The maximum atomic E-state index is 6.26. The summed E-state index contributed by atoms with van der Waals surface area (Å²) in [6, 6.07) is 65.2. The van der Waals surface area contributed by atoms with Crippen LogP contribution in [-0.2, 0) is 0 Å². The Morgan fingerprint density at radius 3 is 1.66 bits per heavy atom. The van der Waals surface area contributed by atoms with Crippen LogP contribution in [0.1, 0.15) is 0 Å². The van der Waals surface area contributed by atoms with Crippen LogP contribution in [0.4, 0.5) is 0 Å². The van der Waals surface area contributed by atoms with Crippen LogP contribution >= 0.6 is 0 Å². The predicted molar refractivity (Wildman–Crippen MR) is 237 cm³/mol. The maximum absolute atomic E-state index is 6.26. The first-order valence-corrected chi connectivity index (χ1v) is 19.4. The van der Waals surface area contributed by atoms with Crippen molar-refractivity contribution in [2.45, 2.75) is 0 Å². The Kier molecular flexibility index (Phi) is 7.16.